The zero-order valence-electron chi connectivity index (χ0n) is 29.6. The van der Waals surface area contributed by atoms with Crippen LogP contribution in [-0.4, -0.2) is 0 Å². The van der Waals surface area contributed by atoms with Crippen molar-refractivity contribution in [3.63, 3.8) is 0 Å². The Morgan fingerprint density at radius 2 is 1.06 bits per heavy atom. The summed E-state index contributed by atoms with van der Waals surface area (Å²) in [5.74, 6) is 0. The zero-order valence-corrected chi connectivity index (χ0v) is 29.6. The number of furan rings is 2. The first-order valence-electron chi connectivity index (χ1n) is 18.6. The molecule has 0 spiro atoms. The highest BCUT2D eigenvalue weighted by Crippen LogP contribution is 2.42. The number of hydrogen-bond acceptors (Lipinski definition) is 3. The Hall–Kier alpha value is -6.58. The maximum absolute atomic E-state index is 6.46. The van der Waals surface area contributed by atoms with Crippen molar-refractivity contribution in [1.29, 1.82) is 0 Å². The molecule has 10 rings (SSSR count). The smallest absolute Gasteiger partial charge is 0.136 e. The number of anilines is 3. The fourth-order valence-electron chi connectivity index (χ4n) is 7.93. The molecule has 3 heteroatoms. The summed E-state index contributed by atoms with van der Waals surface area (Å²) in [6, 6.07) is 60.9. The van der Waals surface area contributed by atoms with Crippen molar-refractivity contribution < 1.29 is 8.83 Å². The molecule has 8 aromatic carbocycles. The van der Waals surface area contributed by atoms with Crippen molar-refractivity contribution in [1.82, 2.24) is 0 Å². The van der Waals surface area contributed by atoms with E-state index in [-0.39, 0.29) is 0 Å². The Bertz CT molecular complexity index is 2930. The number of aryl methyl sites for hydroxylation is 1. The molecule has 0 amide bonds. The Kier molecular flexibility index (Phi) is 7.58. The largest absolute Gasteiger partial charge is 0.456 e. The molecule has 2 heterocycles. The number of benzene rings is 8. The third-order valence-corrected chi connectivity index (χ3v) is 10.6. The maximum Gasteiger partial charge on any atom is 0.136 e. The third kappa shape index (κ3) is 5.53. The molecule has 10 aromatic rings. The molecule has 0 aliphatic carbocycles. The van der Waals surface area contributed by atoms with Crippen LogP contribution in [0.2, 0.25) is 0 Å². The van der Waals surface area contributed by atoms with Crippen LogP contribution in [0.4, 0.5) is 17.1 Å². The third-order valence-electron chi connectivity index (χ3n) is 10.6. The molecule has 0 saturated heterocycles. The predicted molar refractivity (Wildman–Crippen MR) is 223 cm³/mol. The first kappa shape index (κ1) is 31.2. The van der Waals surface area contributed by atoms with Crippen LogP contribution in [0.5, 0.6) is 0 Å². The van der Waals surface area contributed by atoms with E-state index in [0.717, 1.165) is 78.5 Å². The van der Waals surface area contributed by atoms with E-state index in [9.17, 15) is 0 Å². The van der Waals surface area contributed by atoms with Crippen LogP contribution in [0.3, 0.4) is 0 Å². The summed E-state index contributed by atoms with van der Waals surface area (Å²) >= 11 is 0. The highest BCUT2D eigenvalue weighted by Gasteiger charge is 2.18. The van der Waals surface area contributed by atoms with Gasteiger partial charge in [-0.15, -0.1) is 0 Å². The van der Waals surface area contributed by atoms with Gasteiger partial charge in [0.05, 0.1) is 0 Å². The number of para-hydroxylation sites is 2. The van der Waals surface area contributed by atoms with Gasteiger partial charge in [0.1, 0.15) is 22.3 Å². The molecule has 0 atom stereocenters. The van der Waals surface area contributed by atoms with E-state index in [2.05, 4.69) is 157 Å². The van der Waals surface area contributed by atoms with Gasteiger partial charge in [-0.25, -0.2) is 0 Å². The van der Waals surface area contributed by atoms with Crippen LogP contribution >= 0.6 is 0 Å². The number of hydrogen-bond donors (Lipinski definition) is 0. The SMILES string of the molecule is CCCCc1ccc2ccc(-c3cccc(N(c4ccccc4)c4ccc(-c5ccc6c(c5)oc5ccc7oc8ccccc8c7c56)cc4)c3)cc2c1. The van der Waals surface area contributed by atoms with E-state index >= 15 is 0 Å². The van der Waals surface area contributed by atoms with Crippen LogP contribution in [0.25, 0.3) is 76.9 Å². The minimum atomic E-state index is 0.868. The van der Waals surface area contributed by atoms with E-state index < -0.39 is 0 Å². The quantitative estimate of drug-likeness (QED) is 0.160. The summed E-state index contributed by atoms with van der Waals surface area (Å²) in [5, 5.41) is 6.98. The van der Waals surface area contributed by atoms with Crippen molar-refractivity contribution in [2.75, 3.05) is 4.90 Å². The van der Waals surface area contributed by atoms with Gasteiger partial charge in [-0.1, -0.05) is 110 Å². The number of fused-ring (bicyclic) bond motifs is 8. The average molecular weight is 684 g/mol. The van der Waals surface area contributed by atoms with Gasteiger partial charge in [-0.2, -0.15) is 0 Å². The fourth-order valence-corrected chi connectivity index (χ4v) is 7.93. The van der Waals surface area contributed by atoms with Crippen molar-refractivity contribution >= 4 is 71.7 Å². The van der Waals surface area contributed by atoms with Crippen LogP contribution in [-0.2, 0) is 6.42 Å². The Labute approximate surface area is 308 Å². The topological polar surface area (TPSA) is 29.5 Å². The van der Waals surface area contributed by atoms with Gasteiger partial charge in [-0.3, -0.25) is 0 Å². The predicted octanol–water partition coefficient (Wildman–Crippen LogP) is 14.8. The summed E-state index contributed by atoms with van der Waals surface area (Å²) in [4.78, 5) is 2.33. The molecular weight excluding hydrogens is 647 g/mol. The molecule has 0 aliphatic rings. The molecule has 3 nitrogen and oxygen atoms in total. The van der Waals surface area contributed by atoms with Crippen LogP contribution in [0, 0.1) is 0 Å². The van der Waals surface area contributed by atoms with Gasteiger partial charge < -0.3 is 13.7 Å². The lowest BCUT2D eigenvalue weighted by Crippen LogP contribution is -2.09. The molecule has 0 bridgehead atoms. The Morgan fingerprint density at radius 1 is 0.415 bits per heavy atom. The molecule has 0 saturated carbocycles. The van der Waals surface area contributed by atoms with E-state index in [0.29, 0.717) is 0 Å². The van der Waals surface area contributed by atoms with Crippen molar-refractivity contribution in [3.05, 3.63) is 175 Å². The summed E-state index contributed by atoms with van der Waals surface area (Å²) in [7, 11) is 0. The summed E-state index contributed by atoms with van der Waals surface area (Å²) < 4.78 is 12.6. The minimum Gasteiger partial charge on any atom is -0.456 e. The first-order valence-corrected chi connectivity index (χ1v) is 18.6. The fraction of sp³-hybridized carbons (Fsp3) is 0.0800. The normalized spacial score (nSPS) is 11.7. The van der Waals surface area contributed by atoms with Crippen LogP contribution < -0.4 is 4.90 Å². The van der Waals surface area contributed by atoms with E-state index in [1.165, 1.54) is 40.3 Å². The van der Waals surface area contributed by atoms with Crippen molar-refractivity contribution in [2.24, 2.45) is 0 Å². The van der Waals surface area contributed by atoms with Gasteiger partial charge in [-0.05, 0) is 124 Å². The van der Waals surface area contributed by atoms with E-state index in [1.54, 1.807) is 0 Å². The average Bonchev–Trinajstić information content (AvgIpc) is 3.78. The molecule has 0 unspecified atom stereocenters. The summed E-state index contributed by atoms with van der Waals surface area (Å²) in [5.41, 5.74) is 12.9. The van der Waals surface area contributed by atoms with Crippen LogP contribution in [0.15, 0.2) is 179 Å². The molecule has 0 aliphatic heterocycles. The number of nitrogens with zero attached hydrogens (tertiary/aromatic N) is 1. The Balaban J connectivity index is 1.01. The second-order valence-electron chi connectivity index (χ2n) is 14.0. The molecular formula is C50H37NO2. The molecule has 0 radical (unpaired) electrons. The van der Waals surface area contributed by atoms with E-state index in [1.807, 2.05) is 24.3 Å². The van der Waals surface area contributed by atoms with Crippen molar-refractivity contribution in [3.8, 4) is 22.3 Å². The minimum absolute atomic E-state index is 0.868. The van der Waals surface area contributed by atoms with Gasteiger partial charge in [0.2, 0.25) is 0 Å². The Morgan fingerprint density at radius 3 is 1.89 bits per heavy atom. The second kappa shape index (κ2) is 12.9. The monoisotopic (exact) mass is 683 g/mol. The molecule has 53 heavy (non-hydrogen) atoms. The van der Waals surface area contributed by atoms with Gasteiger partial charge in [0.25, 0.3) is 0 Å². The maximum atomic E-state index is 6.46. The second-order valence-corrected chi connectivity index (χ2v) is 14.0. The van der Waals surface area contributed by atoms with Gasteiger partial charge >= 0.3 is 0 Å². The lowest BCUT2D eigenvalue weighted by molar-refractivity contribution is 0.663. The van der Waals surface area contributed by atoms with E-state index in [4.69, 9.17) is 8.83 Å². The highest BCUT2D eigenvalue weighted by atomic mass is 16.3. The molecule has 0 N–H and O–H groups in total. The first-order chi connectivity index (χ1) is 26.2. The highest BCUT2D eigenvalue weighted by molar-refractivity contribution is 6.25. The standard InChI is InChI=1S/C50H37NO2/c1-2-3-10-33-17-18-35-19-20-37(30-39(35)29-33)36-11-9-14-42(31-36)51(40-12-5-4-6-13-40)41-24-21-34(22-25-41)38-23-26-44-48(32-38)53-47-28-27-46-49(50(44)47)43-15-7-8-16-45(43)52-46/h4-9,11-32H,2-3,10H2,1H3. The number of rotatable bonds is 8. The molecule has 254 valence electrons. The summed E-state index contributed by atoms with van der Waals surface area (Å²) in [6.45, 7) is 2.25. The number of unbranched alkanes of at least 4 members (excludes halogenated alkanes) is 1. The van der Waals surface area contributed by atoms with Gasteiger partial charge in [0.15, 0.2) is 0 Å². The molecule has 0 fully saturated rings. The lowest BCUT2D eigenvalue weighted by atomic mass is 9.98. The van der Waals surface area contributed by atoms with Gasteiger partial charge in [0, 0.05) is 38.6 Å². The zero-order chi connectivity index (χ0) is 35.3. The van der Waals surface area contributed by atoms with Crippen molar-refractivity contribution in [2.45, 2.75) is 26.2 Å². The summed E-state index contributed by atoms with van der Waals surface area (Å²) in [6.07, 6.45) is 3.55. The van der Waals surface area contributed by atoms with Crippen LogP contribution in [0.1, 0.15) is 25.3 Å². The molecule has 2 aromatic heterocycles. The lowest BCUT2D eigenvalue weighted by Gasteiger charge is -2.26.